The Morgan fingerprint density at radius 1 is 0.609 bits per heavy atom. The molecule has 0 N–H and O–H groups in total. The number of aromatic nitrogens is 4. The normalized spacial score (nSPS) is 16.4. The maximum Gasteiger partial charge on any atom is 0.163 e. The van der Waals surface area contributed by atoms with Crippen LogP contribution in [0.2, 0.25) is 0 Å². The van der Waals surface area contributed by atoms with Crippen molar-refractivity contribution in [3.05, 3.63) is 157 Å². The maximum atomic E-state index is 5.01. The second kappa shape index (κ2) is 10.2. The molecule has 2 aliphatic carbocycles. The van der Waals surface area contributed by atoms with E-state index in [1.807, 2.05) is 36.4 Å². The lowest BCUT2D eigenvalue weighted by Gasteiger charge is -2.22. The Hall–Kier alpha value is -5.61. The van der Waals surface area contributed by atoms with Crippen molar-refractivity contribution in [2.24, 2.45) is 0 Å². The molecule has 4 nitrogen and oxygen atoms in total. The van der Waals surface area contributed by atoms with Gasteiger partial charge in [-0.1, -0.05) is 129 Å². The zero-order valence-corrected chi connectivity index (χ0v) is 25.9. The first-order chi connectivity index (χ1) is 22.6. The Bertz CT molecular complexity index is 2300. The standard InChI is InChI=1S/C42H32N4/c1-42(2)35-19-11-9-17-31(35)33-25-34-32-18-10-12-20-37(32)46(38(34)26-36(33)42)30-23-21-29(22-24-30)41-44-39(27-13-5-3-6-14-27)43-40(45-41)28-15-7-4-8-16-28/h3-21,23-26,29H,22H2,1-2H3. The first-order valence-electron chi connectivity index (χ1n) is 16.0. The van der Waals surface area contributed by atoms with Gasteiger partial charge in [0.25, 0.3) is 0 Å². The van der Waals surface area contributed by atoms with Gasteiger partial charge in [0.2, 0.25) is 0 Å². The molecule has 7 aromatic rings. The van der Waals surface area contributed by atoms with E-state index in [0.29, 0.717) is 11.6 Å². The van der Waals surface area contributed by atoms with Crippen LogP contribution in [0.4, 0.5) is 0 Å². The van der Waals surface area contributed by atoms with E-state index < -0.39 is 0 Å². The summed E-state index contributed by atoms with van der Waals surface area (Å²) in [5, 5.41) is 2.56. The van der Waals surface area contributed by atoms with E-state index in [-0.39, 0.29) is 11.3 Å². The summed E-state index contributed by atoms with van der Waals surface area (Å²) >= 11 is 0. The molecule has 0 bridgehead atoms. The molecule has 0 amide bonds. The highest BCUT2D eigenvalue weighted by molar-refractivity contribution is 6.12. The van der Waals surface area contributed by atoms with Crippen LogP contribution >= 0.6 is 0 Å². The maximum absolute atomic E-state index is 5.01. The molecular weight excluding hydrogens is 560 g/mol. The average Bonchev–Trinajstić information content (AvgIpc) is 3.56. The van der Waals surface area contributed by atoms with Crippen molar-refractivity contribution in [1.29, 1.82) is 0 Å². The highest BCUT2D eigenvalue weighted by Crippen LogP contribution is 2.51. The molecule has 0 saturated carbocycles. The molecule has 0 radical (unpaired) electrons. The predicted octanol–water partition coefficient (Wildman–Crippen LogP) is 10.2. The predicted molar refractivity (Wildman–Crippen MR) is 188 cm³/mol. The summed E-state index contributed by atoms with van der Waals surface area (Å²) in [4.78, 5) is 14.9. The molecule has 9 rings (SSSR count). The highest BCUT2D eigenvalue weighted by Gasteiger charge is 2.36. The van der Waals surface area contributed by atoms with Gasteiger partial charge in [-0.2, -0.15) is 0 Å². The van der Waals surface area contributed by atoms with Crippen LogP contribution in [-0.2, 0) is 5.41 Å². The lowest BCUT2D eigenvalue weighted by Crippen LogP contribution is -2.15. The average molecular weight is 593 g/mol. The van der Waals surface area contributed by atoms with Gasteiger partial charge in [0.15, 0.2) is 11.6 Å². The monoisotopic (exact) mass is 592 g/mol. The van der Waals surface area contributed by atoms with E-state index in [4.69, 9.17) is 15.0 Å². The third-order valence-corrected chi connectivity index (χ3v) is 9.76. The topological polar surface area (TPSA) is 43.6 Å². The van der Waals surface area contributed by atoms with Gasteiger partial charge < -0.3 is 4.57 Å². The molecule has 220 valence electrons. The minimum atomic E-state index is -0.0606. The molecule has 0 aliphatic heterocycles. The first-order valence-corrected chi connectivity index (χ1v) is 16.0. The lowest BCUT2D eigenvalue weighted by molar-refractivity contribution is 0.661. The quantitative estimate of drug-likeness (QED) is 0.204. The molecule has 2 aliphatic rings. The van der Waals surface area contributed by atoms with Gasteiger partial charge in [-0.25, -0.2) is 15.0 Å². The Balaban J connectivity index is 1.15. The van der Waals surface area contributed by atoms with Crippen LogP contribution in [-0.4, -0.2) is 19.5 Å². The van der Waals surface area contributed by atoms with Crippen molar-refractivity contribution in [2.75, 3.05) is 0 Å². The van der Waals surface area contributed by atoms with Gasteiger partial charge in [-0.05, 0) is 52.9 Å². The van der Waals surface area contributed by atoms with E-state index in [9.17, 15) is 0 Å². The molecular formula is C42H32N4. The van der Waals surface area contributed by atoms with Crippen LogP contribution in [0.1, 0.15) is 43.1 Å². The SMILES string of the molecule is CC1(C)c2ccccc2-c2cc3c4ccccc4n(C4=CCC(c5nc(-c6ccccc6)nc(-c6ccccc6)n5)C=C4)c3cc21. The van der Waals surface area contributed by atoms with Crippen molar-refractivity contribution in [3.8, 4) is 33.9 Å². The Morgan fingerprint density at radius 2 is 1.26 bits per heavy atom. The van der Waals surface area contributed by atoms with Gasteiger partial charge in [0, 0.05) is 38.9 Å². The molecule has 46 heavy (non-hydrogen) atoms. The number of rotatable bonds is 4. The summed E-state index contributed by atoms with van der Waals surface area (Å²) in [5.74, 6) is 2.24. The molecule has 1 atom stereocenters. The third kappa shape index (κ3) is 4.10. The van der Waals surface area contributed by atoms with Crippen LogP contribution in [0.25, 0.3) is 61.4 Å². The summed E-state index contributed by atoms with van der Waals surface area (Å²) in [6.07, 6.45) is 7.66. The van der Waals surface area contributed by atoms with Gasteiger partial charge >= 0.3 is 0 Å². The number of benzene rings is 5. The fourth-order valence-electron chi connectivity index (χ4n) is 7.40. The van der Waals surface area contributed by atoms with Crippen molar-refractivity contribution in [2.45, 2.75) is 31.6 Å². The van der Waals surface area contributed by atoms with E-state index in [0.717, 1.165) is 23.4 Å². The Kier molecular flexibility index (Phi) is 5.94. The second-order valence-corrected chi connectivity index (χ2v) is 12.8. The van der Waals surface area contributed by atoms with Crippen LogP contribution in [0.15, 0.2) is 140 Å². The molecule has 4 heteroatoms. The molecule has 0 saturated heterocycles. The fourth-order valence-corrected chi connectivity index (χ4v) is 7.40. The highest BCUT2D eigenvalue weighted by atomic mass is 15.0. The minimum Gasteiger partial charge on any atom is -0.310 e. The molecule has 0 fully saturated rings. The van der Waals surface area contributed by atoms with Crippen LogP contribution in [0.5, 0.6) is 0 Å². The smallest absolute Gasteiger partial charge is 0.163 e. The van der Waals surface area contributed by atoms with Crippen molar-refractivity contribution in [1.82, 2.24) is 19.5 Å². The summed E-state index contributed by atoms with van der Waals surface area (Å²) in [5.41, 5.74) is 11.0. The fraction of sp³-hybridized carbons (Fsp3) is 0.119. The zero-order valence-electron chi connectivity index (χ0n) is 25.9. The molecule has 2 aromatic heterocycles. The largest absolute Gasteiger partial charge is 0.310 e. The second-order valence-electron chi connectivity index (χ2n) is 12.8. The van der Waals surface area contributed by atoms with Gasteiger partial charge in [0.05, 0.1) is 11.0 Å². The number of hydrogen-bond acceptors (Lipinski definition) is 3. The van der Waals surface area contributed by atoms with E-state index in [2.05, 4.69) is 122 Å². The minimum absolute atomic E-state index is 0.0439. The van der Waals surface area contributed by atoms with Gasteiger partial charge in [0.1, 0.15) is 5.82 Å². The van der Waals surface area contributed by atoms with Crippen molar-refractivity contribution < 1.29 is 0 Å². The number of allylic oxidation sites excluding steroid dienone is 4. The zero-order chi connectivity index (χ0) is 30.8. The lowest BCUT2D eigenvalue weighted by atomic mass is 9.82. The molecule has 2 heterocycles. The summed E-state index contributed by atoms with van der Waals surface area (Å²) < 4.78 is 2.44. The molecule has 0 spiro atoms. The Labute approximate surface area is 268 Å². The summed E-state index contributed by atoms with van der Waals surface area (Å²) in [7, 11) is 0. The van der Waals surface area contributed by atoms with Crippen molar-refractivity contribution >= 4 is 27.5 Å². The first kappa shape index (κ1) is 26.8. The number of hydrogen-bond donors (Lipinski definition) is 0. The number of nitrogens with zero attached hydrogens (tertiary/aromatic N) is 4. The number of para-hydroxylation sites is 1. The van der Waals surface area contributed by atoms with E-state index >= 15 is 0 Å². The van der Waals surface area contributed by atoms with Gasteiger partial charge in [-0.15, -0.1) is 0 Å². The van der Waals surface area contributed by atoms with E-state index in [1.54, 1.807) is 0 Å². The van der Waals surface area contributed by atoms with Crippen LogP contribution in [0, 0.1) is 0 Å². The van der Waals surface area contributed by atoms with Crippen molar-refractivity contribution in [3.63, 3.8) is 0 Å². The molecule has 5 aromatic carbocycles. The Morgan fingerprint density at radius 3 is 1.96 bits per heavy atom. The van der Waals surface area contributed by atoms with E-state index in [1.165, 1.54) is 49.8 Å². The summed E-state index contributed by atoms with van der Waals surface area (Å²) in [6, 6.07) is 42.9. The summed E-state index contributed by atoms with van der Waals surface area (Å²) in [6.45, 7) is 4.70. The molecule has 1 unspecified atom stereocenters. The van der Waals surface area contributed by atoms with Crippen LogP contribution < -0.4 is 0 Å². The van der Waals surface area contributed by atoms with Crippen LogP contribution in [0.3, 0.4) is 0 Å². The number of fused-ring (bicyclic) bond motifs is 6. The van der Waals surface area contributed by atoms with Gasteiger partial charge in [-0.3, -0.25) is 0 Å². The third-order valence-electron chi connectivity index (χ3n) is 9.76.